The van der Waals surface area contributed by atoms with Crippen LogP contribution in [-0.2, 0) is 11.2 Å². The average molecular weight is 338 g/mol. The first-order valence-electron chi connectivity index (χ1n) is 8.48. The van der Waals surface area contributed by atoms with Crippen molar-refractivity contribution in [2.24, 2.45) is 0 Å². The highest BCUT2D eigenvalue weighted by Crippen LogP contribution is 2.30. The molecule has 1 aliphatic rings. The molecule has 3 atom stereocenters. The normalized spacial score (nSPS) is 27.0. The zero-order valence-corrected chi connectivity index (χ0v) is 13.9. The zero-order chi connectivity index (χ0) is 17.7. The molecule has 134 valence electrons. The van der Waals surface area contributed by atoms with E-state index in [4.69, 9.17) is 4.74 Å². The third-order valence-corrected chi connectivity index (χ3v) is 4.37. The minimum absolute atomic E-state index is 0.00389. The molecule has 6 heteroatoms. The van der Waals surface area contributed by atoms with Crippen molar-refractivity contribution >= 4 is 5.97 Å². The molecular formula is C18H26O6. The monoisotopic (exact) mass is 338 g/mol. The van der Waals surface area contributed by atoms with E-state index < -0.39 is 18.2 Å². The van der Waals surface area contributed by atoms with Crippen LogP contribution in [0.5, 0.6) is 11.5 Å². The summed E-state index contributed by atoms with van der Waals surface area (Å²) in [4.78, 5) is 12.4. The SMILES string of the molecule is CC1CCCC(O)CCCC(O)Cc2cc(O)cc(O)c2C(=O)O1. The molecular weight excluding hydrogens is 312 g/mol. The summed E-state index contributed by atoms with van der Waals surface area (Å²) >= 11 is 0. The Labute approximate surface area is 141 Å². The quantitative estimate of drug-likeness (QED) is 0.541. The van der Waals surface area contributed by atoms with Crippen molar-refractivity contribution < 1.29 is 30.0 Å². The van der Waals surface area contributed by atoms with E-state index in [1.807, 2.05) is 0 Å². The zero-order valence-electron chi connectivity index (χ0n) is 13.9. The number of cyclic esters (lactones) is 1. The number of carbonyl (C=O) groups excluding carboxylic acids is 1. The van der Waals surface area contributed by atoms with Crippen LogP contribution in [0.1, 0.15) is 61.4 Å². The minimum atomic E-state index is -0.731. The van der Waals surface area contributed by atoms with Gasteiger partial charge in [0.05, 0.1) is 18.3 Å². The van der Waals surface area contributed by atoms with Gasteiger partial charge in [0.1, 0.15) is 17.1 Å². The molecule has 2 rings (SSSR count). The molecule has 3 unspecified atom stereocenters. The van der Waals surface area contributed by atoms with Gasteiger partial charge in [0.25, 0.3) is 0 Å². The standard InChI is InChI=1S/C18H26O6/c1-11-4-2-5-13(19)6-3-7-14(20)8-12-9-15(21)10-16(22)17(12)18(23)24-11/h9-11,13-14,19-22H,2-8H2,1H3. The number of hydrogen-bond donors (Lipinski definition) is 4. The number of rotatable bonds is 0. The highest BCUT2D eigenvalue weighted by molar-refractivity contribution is 5.94. The van der Waals surface area contributed by atoms with E-state index in [1.165, 1.54) is 6.07 Å². The Morgan fingerprint density at radius 1 is 1.00 bits per heavy atom. The van der Waals surface area contributed by atoms with E-state index in [0.29, 0.717) is 37.7 Å². The first-order chi connectivity index (χ1) is 11.4. The van der Waals surface area contributed by atoms with Gasteiger partial charge >= 0.3 is 5.97 Å². The summed E-state index contributed by atoms with van der Waals surface area (Å²) in [7, 11) is 0. The maximum Gasteiger partial charge on any atom is 0.342 e. The minimum Gasteiger partial charge on any atom is -0.508 e. The molecule has 1 heterocycles. The van der Waals surface area contributed by atoms with Crippen LogP contribution in [0.2, 0.25) is 0 Å². The van der Waals surface area contributed by atoms with Crippen LogP contribution in [0, 0.1) is 0 Å². The number of benzene rings is 1. The lowest BCUT2D eigenvalue weighted by molar-refractivity contribution is 0.0303. The third-order valence-electron chi connectivity index (χ3n) is 4.37. The Kier molecular flexibility index (Phi) is 6.45. The fourth-order valence-electron chi connectivity index (χ4n) is 3.10. The molecule has 0 spiro atoms. The van der Waals surface area contributed by atoms with Crippen LogP contribution in [-0.4, -0.2) is 44.7 Å². The highest BCUT2D eigenvalue weighted by Gasteiger charge is 2.23. The number of carbonyl (C=O) groups is 1. The molecule has 0 aromatic heterocycles. The first-order valence-corrected chi connectivity index (χ1v) is 8.48. The molecule has 24 heavy (non-hydrogen) atoms. The van der Waals surface area contributed by atoms with Gasteiger partial charge in [-0.25, -0.2) is 4.79 Å². The van der Waals surface area contributed by atoms with Crippen molar-refractivity contribution in [3.05, 3.63) is 23.3 Å². The second-order valence-electron chi connectivity index (χ2n) is 6.59. The van der Waals surface area contributed by atoms with E-state index in [2.05, 4.69) is 0 Å². The summed E-state index contributed by atoms with van der Waals surface area (Å²) in [6.07, 6.45) is 2.37. The van der Waals surface area contributed by atoms with Gasteiger partial charge in [0, 0.05) is 6.07 Å². The lowest BCUT2D eigenvalue weighted by Crippen LogP contribution is -2.20. The average Bonchev–Trinajstić information content (AvgIpc) is 2.45. The summed E-state index contributed by atoms with van der Waals surface area (Å²) in [5.74, 6) is -1.19. The second kappa shape index (κ2) is 8.35. The van der Waals surface area contributed by atoms with Crippen molar-refractivity contribution in [2.75, 3.05) is 0 Å². The summed E-state index contributed by atoms with van der Waals surface area (Å²) in [6.45, 7) is 1.77. The number of aliphatic hydroxyl groups excluding tert-OH is 2. The number of phenols is 2. The molecule has 0 aliphatic carbocycles. The number of aromatic hydroxyl groups is 2. The molecule has 4 N–H and O–H groups in total. The van der Waals surface area contributed by atoms with E-state index >= 15 is 0 Å². The van der Waals surface area contributed by atoms with Crippen LogP contribution in [0.15, 0.2) is 12.1 Å². The fraction of sp³-hybridized carbons (Fsp3) is 0.611. The summed E-state index contributed by atoms with van der Waals surface area (Å²) in [6, 6.07) is 2.46. The number of aliphatic hydroxyl groups is 2. The molecule has 1 aliphatic heterocycles. The van der Waals surface area contributed by atoms with Crippen molar-refractivity contribution in [1.29, 1.82) is 0 Å². The Morgan fingerprint density at radius 2 is 1.62 bits per heavy atom. The molecule has 6 nitrogen and oxygen atoms in total. The smallest absolute Gasteiger partial charge is 0.342 e. The largest absolute Gasteiger partial charge is 0.508 e. The Morgan fingerprint density at radius 3 is 2.33 bits per heavy atom. The molecule has 0 bridgehead atoms. The number of esters is 1. The van der Waals surface area contributed by atoms with Crippen LogP contribution in [0.3, 0.4) is 0 Å². The number of hydrogen-bond acceptors (Lipinski definition) is 6. The van der Waals surface area contributed by atoms with Gasteiger partial charge in [-0.05, 0) is 63.5 Å². The van der Waals surface area contributed by atoms with Crippen LogP contribution in [0.4, 0.5) is 0 Å². The van der Waals surface area contributed by atoms with Crippen molar-refractivity contribution in [3.8, 4) is 11.5 Å². The predicted octanol–water partition coefficient (Wildman–Crippen LogP) is 2.26. The van der Waals surface area contributed by atoms with Gasteiger partial charge in [-0.3, -0.25) is 0 Å². The fourth-order valence-corrected chi connectivity index (χ4v) is 3.10. The lowest BCUT2D eigenvalue weighted by atomic mass is 9.96. The highest BCUT2D eigenvalue weighted by atomic mass is 16.5. The van der Waals surface area contributed by atoms with Crippen LogP contribution < -0.4 is 0 Å². The molecule has 0 saturated carbocycles. The second-order valence-corrected chi connectivity index (χ2v) is 6.59. The maximum absolute atomic E-state index is 12.4. The van der Waals surface area contributed by atoms with E-state index in [1.54, 1.807) is 6.92 Å². The van der Waals surface area contributed by atoms with Gasteiger partial charge in [-0.2, -0.15) is 0 Å². The molecule has 0 fully saturated rings. The van der Waals surface area contributed by atoms with E-state index in [0.717, 1.165) is 12.5 Å². The van der Waals surface area contributed by atoms with Gasteiger partial charge in [-0.15, -0.1) is 0 Å². The van der Waals surface area contributed by atoms with E-state index in [-0.39, 0.29) is 29.6 Å². The van der Waals surface area contributed by atoms with Gasteiger partial charge in [0.2, 0.25) is 0 Å². The predicted molar refractivity (Wildman–Crippen MR) is 88.1 cm³/mol. The first kappa shape index (κ1) is 18.5. The molecule has 0 saturated heterocycles. The Hall–Kier alpha value is -1.79. The summed E-state index contributed by atoms with van der Waals surface area (Å²) in [5, 5.41) is 39.8. The Balaban J connectivity index is 2.28. The maximum atomic E-state index is 12.4. The number of phenolic OH excluding ortho intramolecular Hbond substituents is 2. The van der Waals surface area contributed by atoms with Crippen LogP contribution >= 0.6 is 0 Å². The van der Waals surface area contributed by atoms with Crippen molar-refractivity contribution in [1.82, 2.24) is 0 Å². The van der Waals surface area contributed by atoms with Gasteiger partial charge in [0.15, 0.2) is 0 Å². The lowest BCUT2D eigenvalue weighted by Gasteiger charge is -2.20. The Bertz CT molecular complexity index is 571. The van der Waals surface area contributed by atoms with Crippen molar-refractivity contribution in [3.63, 3.8) is 0 Å². The molecule has 0 radical (unpaired) electrons. The molecule has 0 amide bonds. The van der Waals surface area contributed by atoms with Crippen LogP contribution in [0.25, 0.3) is 0 Å². The van der Waals surface area contributed by atoms with Crippen molar-refractivity contribution in [2.45, 2.75) is 70.2 Å². The van der Waals surface area contributed by atoms with E-state index in [9.17, 15) is 25.2 Å². The van der Waals surface area contributed by atoms with Gasteiger partial charge < -0.3 is 25.2 Å². The molecule has 1 aromatic rings. The summed E-state index contributed by atoms with van der Waals surface area (Å²) < 4.78 is 5.37. The third kappa shape index (κ3) is 5.11. The number of fused-ring (bicyclic) bond motifs is 1. The van der Waals surface area contributed by atoms with Gasteiger partial charge in [-0.1, -0.05) is 0 Å². The summed E-state index contributed by atoms with van der Waals surface area (Å²) in [5.41, 5.74) is 0.352. The topological polar surface area (TPSA) is 107 Å². The number of ether oxygens (including phenoxy) is 1. The molecule has 1 aromatic carbocycles.